The predicted octanol–water partition coefficient (Wildman–Crippen LogP) is -0.518. The van der Waals surface area contributed by atoms with Crippen molar-refractivity contribution in [2.24, 2.45) is 11.5 Å². The number of carbonyl (C=O) groups excluding carboxylic acids is 2. The van der Waals surface area contributed by atoms with Gasteiger partial charge < -0.3 is 26.9 Å². The Morgan fingerprint density at radius 2 is 1.96 bits per heavy atom. The van der Waals surface area contributed by atoms with E-state index in [0.29, 0.717) is 0 Å². The van der Waals surface area contributed by atoms with Crippen LogP contribution in [0.25, 0.3) is 10.9 Å². The molecule has 0 radical (unpaired) electrons. The fourth-order valence-electron chi connectivity index (χ4n) is 2.30. The van der Waals surface area contributed by atoms with Gasteiger partial charge >= 0.3 is 5.97 Å². The minimum absolute atomic E-state index is 0.185. The van der Waals surface area contributed by atoms with Crippen molar-refractivity contribution in [1.82, 2.24) is 10.3 Å². The monoisotopic (exact) mass is 318 g/mol. The van der Waals surface area contributed by atoms with Gasteiger partial charge in [-0.2, -0.15) is 0 Å². The lowest BCUT2D eigenvalue weighted by Gasteiger charge is -2.17. The summed E-state index contributed by atoms with van der Waals surface area (Å²) in [6, 6.07) is 5.30. The number of carboxylic acid groups (broad SMARTS) is 1. The second kappa shape index (κ2) is 6.93. The van der Waals surface area contributed by atoms with Crippen LogP contribution in [-0.4, -0.2) is 40.0 Å². The molecule has 8 nitrogen and oxygen atoms in total. The molecular weight excluding hydrogens is 300 g/mol. The molecule has 2 rings (SSSR count). The highest BCUT2D eigenvalue weighted by atomic mass is 16.4. The molecular formula is C15H18N4O4. The van der Waals surface area contributed by atoms with E-state index in [2.05, 4.69) is 10.3 Å². The first-order chi connectivity index (χ1) is 10.9. The van der Waals surface area contributed by atoms with Crippen LogP contribution in [0.15, 0.2) is 30.5 Å². The average Bonchev–Trinajstić information content (AvgIpc) is 2.89. The van der Waals surface area contributed by atoms with E-state index < -0.39 is 36.3 Å². The minimum atomic E-state index is -1.24. The Hall–Kier alpha value is -2.87. The van der Waals surface area contributed by atoms with Gasteiger partial charge in [-0.05, 0) is 11.6 Å². The third-order valence-electron chi connectivity index (χ3n) is 3.49. The minimum Gasteiger partial charge on any atom is -0.481 e. The van der Waals surface area contributed by atoms with Crippen molar-refractivity contribution in [3.05, 3.63) is 36.0 Å². The van der Waals surface area contributed by atoms with Gasteiger partial charge in [-0.25, -0.2) is 0 Å². The molecule has 8 heteroatoms. The van der Waals surface area contributed by atoms with E-state index in [0.717, 1.165) is 16.5 Å². The number of benzene rings is 1. The van der Waals surface area contributed by atoms with Crippen molar-refractivity contribution in [2.45, 2.75) is 24.9 Å². The van der Waals surface area contributed by atoms with Crippen molar-refractivity contribution < 1.29 is 19.5 Å². The topological polar surface area (TPSA) is 151 Å². The summed E-state index contributed by atoms with van der Waals surface area (Å²) >= 11 is 0. The zero-order valence-corrected chi connectivity index (χ0v) is 12.3. The van der Waals surface area contributed by atoms with Crippen molar-refractivity contribution >= 4 is 28.7 Å². The lowest BCUT2D eigenvalue weighted by Crippen LogP contribution is -2.51. The molecule has 0 fully saturated rings. The van der Waals surface area contributed by atoms with Gasteiger partial charge in [-0.3, -0.25) is 14.4 Å². The quantitative estimate of drug-likeness (QED) is 0.465. The van der Waals surface area contributed by atoms with E-state index in [1.807, 2.05) is 24.3 Å². The van der Waals surface area contributed by atoms with E-state index >= 15 is 0 Å². The Morgan fingerprint density at radius 3 is 2.61 bits per heavy atom. The highest BCUT2D eigenvalue weighted by molar-refractivity contribution is 5.91. The van der Waals surface area contributed by atoms with Crippen LogP contribution < -0.4 is 16.8 Å². The molecule has 7 N–H and O–H groups in total. The van der Waals surface area contributed by atoms with Crippen molar-refractivity contribution in [2.75, 3.05) is 0 Å². The van der Waals surface area contributed by atoms with Crippen molar-refractivity contribution in [3.63, 3.8) is 0 Å². The number of rotatable bonds is 7. The van der Waals surface area contributed by atoms with Crippen LogP contribution in [0, 0.1) is 0 Å². The van der Waals surface area contributed by atoms with Crippen LogP contribution in [0.3, 0.4) is 0 Å². The highest BCUT2D eigenvalue weighted by Crippen LogP contribution is 2.19. The number of hydrogen-bond acceptors (Lipinski definition) is 4. The molecule has 2 amide bonds. The molecule has 2 atom stereocenters. The molecule has 0 spiro atoms. The first kappa shape index (κ1) is 16.5. The molecule has 0 aliphatic carbocycles. The van der Waals surface area contributed by atoms with Gasteiger partial charge in [-0.1, -0.05) is 18.2 Å². The van der Waals surface area contributed by atoms with Crippen LogP contribution >= 0.6 is 0 Å². The maximum atomic E-state index is 11.9. The number of hydrogen-bond donors (Lipinski definition) is 5. The summed E-state index contributed by atoms with van der Waals surface area (Å²) in [5.74, 6) is -2.64. The number of nitrogens with two attached hydrogens (primary N) is 2. The van der Waals surface area contributed by atoms with Gasteiger partial charge in [0.1, 0.15) is 6.04 Å². The molecule has 1 aromatic heterocycles. The second-order valence-corrected chi connectivity index (χ2v) is 5.23. The van der Waals surface area contributed by atoms with Crippen LogP contribution in [0.2, 0.25) is 0 Å². The summed E-state index contributed by atoms with van der Waals surface area (Å²) in [7, 11) is 0. The molecule has 1 heterocycles. The Balaban J connectivity index is 2.11. The maximum Gasteiger partial charge on any atom is 0.305 e. The standard InChI is InChI=1S/C15H18N4O4/c16-10(6-13(20)21)15(23)19-12(14(17)22)5-8-7-18-11-4-2-1-3-9(8)11/h1-4,7,10,12,18H,5-6,16H2,(H2,17,22)(H,19,23)(H,20,21)/t10-,12-/m0/s1. The van der Waals surface area contributed by atoms with Crippen LogP contribution in [0.5, 0.6) is 0 Å². The van der Waals surface area contributed by atoms with E-state index in [1.54, 1.807) is 6.20 Å². The second-order valence-electron chi connectivity index (χ2n) is 5.23. The molecule has 1 aromatic carbocycles. The summed E-state index contributed by atoms with van der Waals surface area (Å²) in [6.45, 7) is 0. The van der Waals surface area contributed by atoms with E-state index in [1.165, 1.54) is 0 Å². The molecule has 0 bridgehead atoms. The van der Waals surface area contributed by atoms with Gasteiger partial charge in [0.05, 0.1) is 12.5 Å². The number of primary amides is 1. The summed E-state index contributed by atoms with van der Waals surface area (Å²) in [5, 5.41) is 12.0. The maximum absolute atomic E-state index is 11.9. The Bertz CT molecular complexity index is 740. The number of carboxylic acids is 1. The van der Waals surface area contributed by atoms with Crippen LogP contribution in [-0.2, 0) is 20.8 Å². The van der Waals surface area contributed by atoms with Crippen molar-refractivity contribution in [3.8, 4) is 0 Å². The molecule has 122 valence electrons. The van der Waals surface area contributed by atoms with Gasteiger partial charge in [-0.15, -0.1) is 0 Å². The fourth-order valence-corrected chi connectivity index (χ4v) is 2.30. The molecule has 0 aliphatic rings. The van der Waals surface area contributed by atoms with Crippen LogP contribution in [0.4, 0.5) is 0 Å². The molecule has 23 heavy (non-hydrogen) atoms. The summed E-state index contributed by atoms with van der Waals surface area (Å²) < 4.78 is 0. The number of H-pyrrole nitrogens is 1. The smallest absolute Gasteiger partial charge is 0.305 e. The number of aliphatic carboxylic acids is 1. The third-order valence-corrected chi connectivity index (χ3v) is 3.49. The fraction of sp³-hybridized carbons (Fsp3) is 0.267. The number of amides is 2. The van der Waals surface area contributed by atoms with Crippen LogP contribution in [0.1, 0.15) is 12.0 Å². The average molecular weight is 318 g/mol. The first-order valence-corrected chi connectivity index (χ1v) is 7.00. The summed E-state index contributed by atoms with van der Waals surface area (Å²) in [5.41, 5.74) is 12.5. The predicted molar refractivity (Wildman–Crippen MR) is 83.4 cm³/mol. The van der Waals surface area contributed by atoms with E-state index in [4.69, 9.17) is 16.6 Å². The number of para-hydroxylation sites is 1. The molecule has 0 saturated heterocycles. The highest BCUT2D eigenvalue weighted by Gasteiger charge is 2.24. The van der Waals surface area contributed by atoms with Crippen molar-refractivity contribution in [1.29, 1.82) is 0 Å². The lowest BCUT2D eigenvalue weighted by molar-refractivity contribution is -0.139. The van der Waals surface area contributed by atoms with E-state index in [-0.39, 0.29) is 6.42 Å². The normalized spacial score (nSPS) is 13.4. The molecule has 2 aromatic rings. The van der Waals surface area contributed by atoms with E-state index in [9.17, 15) is 14.4 Å². The Labute approximate surface area is 131 Å². The number of aromatic nitrogens is 1. The first-order valence-electron chi connectivity index (χ1n) is 7.00. The molecule has 0 aliphatic heterocycles. The zero-order chi connectivity index (χ0) is 17.0. The largest absolute Gasteiger partial charge is 0.481 e. The van der Waals surface area contributed by atoms with Gasteiger partial charge in [0.15, 0.2) is 0 Å². The zero-order valence-electron chi connectivity index (χ0n) is 12.3. The Kier molecular flexibility index (Phi) is 4.97. The van der Waals surface area contributed by atoms with Gasteiger partial charge in [0, 0.05) is 23.5 Å². The summed E-state index contributed by atoms with van der Waals surface area (Å²) in [6.07, 6.45) is 1.40. The third kappa shape index (κ3) is 4.07. The Morgan fingerprint density at radius 1 is 1.26 bits per heavy atom. The number of carbonyl (C=O) groups is 3. The lowest BCUT2D eigenvalue weighted by atomic mass is 10.0. The SMILES string of the molecule is NC(=O)[C@H](Cc1c[nH]c2ccccc12)NC(=O)[C@@H](N)CC(=O)O. The number of fused-ring (bicyclic) bond motifs is 1. The molecule has 0 saturated carbocycles. The summed E-state index contributed by atoms with van der Waals surface area (Å²) in [4.78, 5) is 37.1. The number of nitrogens with one attached hydrogen (secondary N) is 2. The van der Waals surface area contributed by atoms with Gasteiger partial charge in [0.25, 0.3) is 0 Å². The molecule has 0 unspecified atom stereocenters. The number of aromatic amines is 1. The van der Waals surface area contributed by atoms with Gasteiger partial charge in [0.2, 0.25) is 11.8 Å².